The second-order valence-corrected chi connectivity index (χ2v) is 13.6. The highest BCUT2D eigenvalue weighted by Gasteiger charge is 2.45. The first-order valence-electron chi connectivity index (χ1n) is 14.1. The Hall–Kier alpha value is -1.18. The van der Waals surface area contributed by atoms with Gasteiger partial charge in [-0.05, 0) is 93.9 Å². The van der Waals surface area contributed by atoms with E-state index in [-0.39, 0.29) is 46.9 Å². The first-order chi connectivity index (χ1) is 16.5. The van der Waals surface area contributed by atoms with Gasteiger partial charge in [-0.1, -0.05) is 20.3 Å². The molecule has 0 amide bonds. The van der Waals surface area contributed by atoms with Gasteiger partial charge in [-0.2, -0.15) is 5.06 Å². The molecule has 0 aromatic rings. The lowest BCUT2D eigenvalue weighted by atomic mass is 9.95. The third kappa shape index (κ3) is 9.29. The van der Waals surface area contributed by atoms with E-state index in [1.165, 1.54) is 0 Å². The zero-order valence-electron chi connectivity index (χ0n) is 24.8. The van der Waals surface area contributed by atoms with Crippen molar-refractivity contribution in [3.8, 4) is 0 Å². The standard InChI is InChI=1S/C29H54N2O5/c1-11-13-21(12-2)36-31-28(7,8)17-15-23(20-29(31,9)10)35-25(33)18-24(32)34-22-14-16-26(3,4)30-27(5,6)19-22/h21-23,30H,11-20H2,1-10H3. The topological polar surface area (TPSA) is 77.1 Å². The first-order valence-corrected chi connectivity index (χ1v) is 14.1. The van der Waals surface area contributed by atoms with Gasteiger partial charge in [0.2, 0.25) is 0 Å². The Kier molecular flexibility index (Phi) is 10.5. The lowest BCUT2D eigenvalue weighted by molar-refractivity contribution is -0.292. The average Bonchev–Trinajstić information content (AvgIpc) is 2.86. The quantitative estimate of drug-likeness (QED) is 0.297. The molecule has 2 fully saturated rings. The molecule has 0 radical (unpaired) electrons. The lowest BCUT2D eigenvalue weighted by Gasteiger charge is -2.47. The number of hydroxylamine groups is 2. The first kappa shape index (κ1) is 31.0. The normalized spacial score (nSPS) is 28.4. The Morgan fingerprint density at radius 2 is 1.39 bits per heavy atom. The molecule has 0 aliphatic carbocycles. The van der Waals surface area contributed by atoms with Crippen LogP contribution in [0, 0.1) is 0 Å². The van der Waals surface area contributed by atoms with E-state index in [0.29, 0.717) is 6.42 Å². The summed E-state index contributed by atoms with van der Waals surface area (Å²) in [6.45, 7) is 21.6. The maximum atomic E-state index is 12.8. The molecule has 2 saturated heterocycles. The van der Waals surface area contributed by atoms with Crippen LogP contribution in [0.3, 0.4) is 0 Å². The third-order valence-corrected chi connectivity index (χ3v) is 7.62. The number of nitrogens with zero attached hydrogens (tertiary/aromatic N) is 1. The van der Waals surface area contributed by atoms with Gasteiger partial charge in [-0.25, -0.2) is 0 Å². The smallest absolute Gasteiger partial charge is 0.317 e. The summed E-state index contributed by atoms with van der Waals surface area (Å²) < 4.78 is 11.6. The fourth-order valence-electron chi connectivity index (χ4n) is 6.26. The van der Waals surface area contributed by atoms with Crippen molar-refractivity contribution in [2.45, 2.75) is 174 Å². The summed E-state index contributed by atoms with van der Waals surface area (Å²) >= 11 is 0. The van der Waals surface area contributed by atoms with E-state index in [1.54, 1.807) is 0 Å². The number of ether oxygens (including phenoxy) is 2. The molecule has 0 saturated carbocycles. The molecule has 3 unspecified atom stereocenters. The van der Waals surface area contributed by atoms with Gasteiger partial charge >= 0.3 is 11.9 Å². The third-order valence-electron chi connectivity index (χ3n) is 7.62. The fraction of sp³-hybridized carbons (Fsp3) is 0.931. The Morgan fingerprint density at radius 3 is 1.94 bits per heavy atom. The summed E-state index contributed by atoms with van der Waals surface area (Å²) in [5.41, 5.74) is -0.682. The van der Waals surface area contributed by atoms with E-state index < -0.39 is 11.9 Å². The summed E-state index contributed by atoms with van der Waals surface area (Å²) in [4.78, 5) is 31.9. The molecular weight excluding hydrogens is 456 g/mol. The van der Waals surface area contributed by atoms with Crippen molar-refractivity contribution in [3.63, 3.8) is 0 Å². The van der Waals surface area contributed by atoms with E-state index >= 15 is 0 Å². The van der Waals surface area contributed by atoms with Crippen molar-refractivity contribution in [3.05, 3.63) is 0 Å². The van der Waals surface area contributed by atoms with Crippen LogP contribution >= 0.6 is 0 Å². The van der Waals surface area contributed by atoms with Gasteiger partial charge in [0.1, 0.15) is 18.6 Å². The summed E-state index contributed by atoms with van der Waals surface area (Å²) in [5, 5.41) is 5.79. The van der Waals surface area contributed by atoms with E-state index in [1.807, 2.05) is 0 Å². The Balaban J connectivity index is 1.96. The van der Waals surface area contributed by atoms with E-state index in [0.717, 1.165) is 51.4 Å². The average molecular weight is 511 g/mol. The highest BCUT2D eigenvalue weighted by molar-refractivity contribution is 5.91. The number of carbonyl (C=O) groups is 2. The van der Waals surface area contributed by atoms with Gasteiger partial charge in [-0.15, -0.1) is 0 Å². The number of esters is 2. The number of hydrogen-bond donors (Lipinski definition) is 1. The molecule has 0 bridgehead atoms. The Labute approximate surface area is 220 Å². The van der Waals surface area contributed by atoms with Crippen LogP contribution in [-0.4, -0.2) is 57.5 Å². The van der Waals surface area contributed by atoms with Gasteiger partial charge < -0.3 is 14.8 Å². The van der Waals surface area contributed by atoms with Crippen LogP contribution in [0.25, 0.3) is 0 Å². The Bertz CT molecular complexity index is 746. The molecule has 210 valence electrons. The molecule has 36 heavy (non-hydrogen) atoms. The molecule has 2 aliphatic heterocycles. The molecule has 2 heterocycles. The highest BCUT2D eigenvalue weighted by atomic mass is 16.7. The summed E-state index contributed by atoms with van der Waals surface area (Å²) in [6, 6.07) is 0. The van der Waals surface area contributed by atoms with Crippen LogP contribution in [-0.2, 0) is 23.9 Å². The van der Waals surface area contributed by atoms with Gasteiger partial charge in [0.15, 0.2) is 0 Å². The molecule has 7 heteroatoms. The number of hydrogen-bond acceptors (Lipinski definition) is 7. The maximum absolute atomic E-state index is 12.8. The summed E-state index contributed by atoms with van der Waals surface area (Å²) in [7, 11) is 0. The van der Waals surface area contributed by atoms with Crippen LogP contribution in [0.5, 0.6) is 0 Å². The molecule has 3 atom stereocenters. The van der Waals surface area contributed by atoms with Crippen LogP contribution in [0.1, 0.15) is 133 Å². The molecular formula is C29H54N2O5. The minimum atomic E-state index is -0.503. The second-order valence-electron chi connectivity index (χ2n) is 13.6. The number of rotatable bonds is 9. The molecule has 2 aliphatic rings. The molecule has 1 N–H and O–H groups in total. The number of nitrogens with one attached hydrogen (secondary N) is 1. The minimum Gasteiger partial charge on any atom is -0.462 e. The summed E-state index contributed by atoms with van der Waals surface area (Å²) in [5.74, 6) is -0.999. The predicted octanol–water partition coefficient (Wildman–Crippen LogP) is 6.08. The molecule has 2 rings (SSSR count). The fourth-order valence-corrected chi connectivity index (χ4v) is 6.26. The van der Waals surface area contributed by atoms with Crippen LogP contribution in [0.2, 0.25) is 0 Å². The van der Waals surface area contributed by atoms with Crippen molar-refractivity contribution >= 4 is 11.9 Å². The molecule has 0 spiro atoms. The lowest BCUT2D eigenvalue weighted by Crippen LogP contribution is -2.55. The predicted molar refractivity (Wildman–Crippen MR) is 143 cm³/mol. The van der Waals surface area contributed by atoms with E-state index in [4.69, 9.17) is 14.3 Å². The van der Waals surface area contributed by atoms with E-state index in [9.17, 15) is 9.59 Å². The zero-order chi connectivity index (χ0) is 27.4. The van der Waals surface area contributed by atoms with Gasteiger partial charge in [0, 0.05) is 35.0 Å². The van der Waals surface area contributed by atoms with Crippen molar-refractivity contribution in [2.75, 3.05) is 0 Å². The minimum absolute atomic E-state index is 0.0189. The Morgan fingerprint density at radius 1 is 0.833 bits per heavy atom. The van der Waals surface area contributed by atoms with Gasteiger partial charge in [0.25, 0.3) is 0 Å². The highest BCUT2D eigenvalue weighted by Crippen LogP contribution is 2.39. The SMILES string of the molecule is CCCC(CC)ON1C(C)(C)CCC(OC(=O)CC(=O)OC2CCC(C)(C)NC(C)(C)C2)CC1(C)C. The van der Waals surface area contributed by atoms with Crippen LogP contribution in [0.4, 0.5) is 0 Å². The summed E-state index contributed by atoms with van der Waals surface area (Å²) in [6.07, 6.45) is 7.05. The number of carbonyl (C=O) groups excluding carboxylic acids is 2. The van der Waals surface area contributed by atoms with Crippen LogP contribution < -0.4 is 5.32 Å². The van der Waals surface area contributed by atoms with Gasteiger partial charge in [0.05, 0.1) is 6.10 Å². The van der Waals surface area contributed by atoms with Crippen molar-refractivity contribution in [2.24, 2.45) is 0 Å². The van der Waals surface area contributed by atoms with Gasteiger partial charge in [-0.3, -0.25) is 14.4 Å². The maximum Gasteiger partial charge on any atom is 0.317 e. The molecule has 0 aromatic carbocycles. The molecule has 7 nitrogen and oxygen atoms in total. The largest absolute Gasteiger partial charge is 0.462 e. The van der Waals surface area contributed by atoms with Crippen molar-refractivity contribution < 1.29 is 23.9 Å². The van der Waals surface area contributed by atoms with Crippen molar-refractivity contribution in [1.82, 2.24) is 10.4 Å². The van der Waals surface area contributed by atoms with E-state index in [2.05, 4.69) is 79.6 Å². The van der Waals surface area contributed by atoms with Crippen molar-refractivity contribution in [1.29, 1.82) is 0 Å². The molecule has 0 aromatic heterocycles. The second kappa shape index (κ2) is 12.1. The zero-order valence-corrected chi connectivity index (χ0v) is 24.8. The van der Waals surface area contributed by atoms with Crippen LogP contribution in [0.15, 0.2) is 0 Å². The monoisotopic (exact) mass is 510 g/mol.